The molecule has 0 bridgehead atoms. The van der Waals surface area contributed by atoms with Crippen molar-refractivity contribution < 1.29 is 9.84 Å². The fourth-order valence-electron chi connectivity index (χ4n) is 3.05. The molecule has 100 valence electrons. The molecular formula is C16H24O2. The summed E-state index contributed by atoms with van der Waals surface area (Å²) < 4.78 is 6.02. The van der Waals surface area contributed by atoms with Crippen LogP contribution in [-0.4, -0.2) is 17.3 Å². The number of ether oxygens (including phenoxy) is 1. The van der Waals surface area contributed by atoms with Gasteiger partial charge in [0.15, 0.2) is 0 Å². The van der Waals surface area contributed by atoms with Crippen LogP contribution in [0.5, 0.6) is 0 Å². The Morgan fingerprint density at radius 3 is 2.28 bits per heavy atom. The van der Waals surface area contributed by atoms with Crippen LogP contribution in [-0.2, 0) is 4.74 Å². The molecule has 0 aliphatic heterocycles. The second kappa shape index (κ2) is 6.35. The molecule has 2 nitrogen and oxygen atoms in total. The molecule has 1 fully saturated rings. The molecule has 2 heteroatoms. The molecule has 0 heterocycles. The quantitative estimate of drug-likeness (QED) is 0.820. The summed E-state index contributed by atoms with van der Waals surface area (Å²) in [6.45, 7) is 2.69. The van der Waals surface area contributed by atoms with Crippen LogP contribution >= 0.6 is 0 Å². The molecule has 0 radical (unpaired) electrons. The molecular weight excluding hydrogens is 224 g/mol. The molecule has 1 atom stereocenters. The van der Waals surface area contributed by atoms with E-state index in [9.17, 15) is 5.11 Å². The minimum atomic E-state index is -0.503. The van der Waals surface area contributed by atoms with Gasteiger partial charge in [-0.25, -0.2) is 0 Å². The molecule has 1 aromatic carbocycles. The summed E-state index contributed by atoms with van der Waals surface area (Å²) in [6, 6.07) is 9.94. The molecule has 1 unspecified atom stereocenters. The summed E-state index contributed by atoms with van der Waals surface area (Å²) in [4.78, 5) is 0. The van der Waals surface area contributed by atoms with Gasteiger partial charge in [0.2, 0.25) is 0 Å². The van der Waals surface area contributed by atoms with Gasteiger partial charge in [-0.3, -0.25) is 0 Å². The van der Waals surface area contributed by atoms with Crippen molar-refractivity contribution in [1.29, 1.82) is 0 Å². The van der Waals surface area contributed by atoms with Crippen LogP contribution < -0.4 is 0 Å². The minimum Gasteiger partial charge on any atom is -0.385 e. The summed E-state index contributed by atoms with van der Waals surface area (Å²) in [7, 11) is 0. The van der Waals surface area contributed by atoms with Gasteiger partial charge in [0.05, 0.1) is 5.60 Å². The van der Waals surface area contributed by atoms with Crippen molar-refractivity contribution in [3.05, 3.63) is 35.9 Å². The van der Waals surface area contributed by atoms with Crippen LogP contribution in [0, 0.1) is 0 Å². The van der Waals surface area contributed by atoms with Crippen molar-refractivity contribution in [2.45, 2.75) is 57.2 Å². The number of aliphatic hydroxyl groups is 1. The van der Waals surface area contributed by atoms with Gasteiger partial charge in [-0.2, -0.15) is 0 Å². The van der Waals surface area contributed by atoms with Crippen LogP contribution in [0.15, 0.2) is 30.3 Å². The molecule has 1 saturated carbocycles. The van der Waals surface area contributed by atoms with E-state index in [0.717, 1.165) is 31.2 Å². The number of aliphatic hydroxyl groups excluding tert-OH is 1. The number of rotatable bonds is 4. The van der Waals surface area contributed by atoms with Gasteiger partial charge in [0, 0.05) is 6.61 Å². The Kier molecular flexibility index (Phi) is 4.79. The Morgan fingerprint density at radius 2 is 1.72 bits per heavy atom. The van der Waals surface area contributed by atoms with Gasteiger partial charge in [-0.05, 0) is 25.3 Å². The average Bonchev–Trinajstić information content (AvgIpc) is 2.66. The largest absolute Gasteiger partial charge is 0.385 e. The van der Waals surface area contributed by atoms with E-state index in [1.807, 2.05) is 37.3 Å². The lowest BCUT2D eigenvalue weighted by molar-refractivity contribution is -0.131. The van der Waals surface area contributed by atoms with E-state index in [-0.39, 0.29) is 5.60 Å². The molecule has 0 saturated heterocycles. The first-order valence-corrected chi connectivity index (χ1v) is 7.15. The lowest BCUT2D eigenvalue weighted by Gasteiger charge is -2.37. The van der Waals surface area contributed by atoms with E-state index in [1.165, 1.54) is 12.8 Å². The zero-order valence-electron chi connectivity index (χ0n) is 11.3. The Morgan fingerprint density at radius 1 is 1.11 bits per heavy atom. The predicted molar refractivity (Wildman–Crippen MR) is 73.5 cm³/mol. The summed E-state index contributed by atoms with van der Waals surface area (Å²) in [5, 5.41) is 10.7. The highest BCUT2D eigenvalue weighted by atomic mass is 16.5. The van der Waals surface area contributed by atoms with Gasteiger partial charge in [0.25, 0.3) is 0 Å². The molecule has 0 aromatic heterocycles. The third kappa shape index (κ3) is 2.93. The molecule has 1 aliphatic carbocycles. The summed E-state index contributed by atoms with van der Waals surface area (Å²) in [5.74, 6) is 0. The van der Waals surface area contributed by atoms with E-state index in [4.69, 9.17) is 4.74 Å². The second-order valence-corrected chi connectivity index (χ2v) is 5.23. The van der Waals surface area contributed by atoms with E-state index in [1.54, 1.807) is 0 Å². The Bertz CT molecular complexity index is 339. The van der Waals surface area contributed by atoms with E-state index in [2.05, 4.69) is 0 Å². The maximum Gasteiger partial charge on any atom is 0.108 e. The Labute approximate surface area is 110 Å². The van der Waals surface area contributed by atoms with Crippen molar-refractivity contribution in [2.24, 2.45) is 0 Å². The highest BCUT2D eigenvalue weighted by molar-refractivity contribution is 5.20. The minimum absolute atomic E-state index is 0.368. The van der Waals surface area contributed by atoms with Crippen molar-refractivity contribution in [3.8, 4) is 0 Å². The Hall–Kier alpha value is -0.860. The lowest BCUT2D eigenvalue weighted by Crippen LogP contribution is -2.39. The predicted octanol–water partition coefficient (Wildman–Crippen LogP) is 3.85. The van der Waals surface area contributed by atoms with Gasteiger partial charge in [-0.15, -0.1) is 0 Å². The third-order valence-corrected chi connectivity index (χ3v) is 4.00. The van der Waals surface area contributed by atoms with Gasteiger partial charge < -0.3 is 9.84 Å². The maximum absolute atomic E-state index is 10.7. The van der Waals surface area contributed by atoms with Crippen LogP contribution in [0.1, 0.15) is 57.1 Å². The monoisotopic (exact) mass is 248 g/mol. The Balaban J connectivity index is 2.22. The first-order valence-electron chi connectivity index (χ1n) is 7.15. The number of hydrogen-bond acceptors (Lipinski definition) is 2. The van der Waals surface area contributed by atoms with Crippen molar-refractivity contribution in [2.75, 3.05) is 6.61 Å². The fourth-order valence-corrected chi connectivity index (χ4v) is 3.05. The van der Waals surface area contributed by atoms with Gasteiger partial charge in [0.1, 0.15) is 6.10 Å². The van der Waals surface area contributed by atoms with Crippen LogP contribution in [0.25, 0.3) is 0 Å². The summed E-state index contributed by atoms with van der Waals surface area (Å²) >= 11 is 0. The molecule has 0 spiro atoms. The molecule has 1 N–H and O–H groups in total. The van der Waals surface area contributed by atoms with Crippen molar-refractivity contribution in [3.63, 3.8) is 0 Å². The highest BCUT2D eigenvalue weighted by Gasteiger charge is 2.39. The molecule has 0 amide bonds. The molecule has 18 heavy (non-hydrogen) atoms. The fraction of sp³-hybridized carbons (Fsp3) is 0.625. The van der Waals surface area contributed by atoms with Crippen LogP contribution in [0.2, 0.25) is 0 Å². The zero-order chi connectivity index (χ0) is 12.8. The van der Waals surface area contributed by atoms with Gasteiger partial charge >= 0.3 is 0 Å². The average molecular weight is 248 g/mol. The molecule has 1 aromatic rings. The van der Waals surface area contributed by atoms with Gasteiger partial charge in [-0.1, -0.05) is 56.0 Å². The standard InChI is InChI=1S/C16H24O2/c1-2-18-16(12-8-3-4-9-13-16)15(17)14-10-6-5-7-11-14/h5-7,10-11,15,17H,2-4,8-9,12-13H2,1H3. The van der Waals surface area contributed by atoms with Crippen molar-refractivity contribution >= 4 is 0 Å². The summed E-state index contributed by atoms with van der Waals surface area (Å²) in [5.41, 5.74) is 0.611. The normalized spacial score (nSPS) is 21.2. The number of benzene rings is 1. The van der Waals surface area contributed by atoms with E-state index >= 15 is 0 Å². The van der Waals surface area contributed by atoms with E-state index in [0.29, 0.717) is 6.61 Å². The van der Waals surface area contributed by atoms with E-state index < -0.39 is 6.10 Å². The SMILES string of the molecule is CCOC1(C(O)c2ccccc2)CCCCCC1. The van der Waals surface area contributed by atoms with Crippen molar-refractivity contribution in [1.82, 2.24) is 0 Å². The van der Waals surface area contributed by atoms with Crippen LogP contribution in [0.3, 0.4) is 0 Å². The molecule has 2 rings (SSSR count). The topological polar surface area (TPSA) is 29.5 Å². The lowest BCUT2D eigenvalue weighted by atomic mass is 9.84. The highest BCUT2D eigenvalue weighted by Crippen LogP contribution is 2.40. The first kappa shape index (κ1) is 13.6. The van der Waals surface area contributed by atoms with Crippen LogP contribution in [0.4, 0.5) is 0 Å². The smallest absolute Gasteiger partial charge is 0.108 e. The summed E-state index contributed by atoms with van der Waals surface area (Å²) in [6.07, 6.45) is 6.27. The molecule has 1 aliphatic rings. The second-order valence-electron chi connectivity index (χ2n) is 5.23. The maximum atomic E-state index is 10.7. The first-order chi connectivity index (χ1) is 8.78. The third-order valence-electron chi connectivity index (χ3n) is 4.00. The number of hydrogen-bond donors (Lipinski definition) is 1. The zero-order valence-corrected chi connectivity index (χ0v) is 11.3.